The van der Waals surface area contributed by atoms with Gasteiger partial charge in [0.2, 0.25) is 5.91 Å². The maximum atomic E-state index is 13.0. The Bertz CT molecular complexity index is 1650. The summed E-state index contributed by atoms with van der Waals surface area (Å²) in [4.78, 5) is 37.4. The van der Waals surface area contributed by atoms with Crippen LogP contribution >= 0.6 is 0 Å². The Kier molecular flexibility index (Phi) is 9.53. The van der Waals surface area contributed by atoms with Crippen LogP contribution in [0.2, 0.25) is 0 Å². The molecule has 3 heterocycles. The Hall–Kier alpha value is -4.78. The van der Waals surface area contributed by atoms with Gasteiger partial charge in [0.05, 0.1) is 36.4 Å². The molecule has 1 aliphatic carbocycles. The number of nitrogens with zero attached hydrogens (tertiary/aromatic N) is 4. The first kappa shape index (κ1) is 30.7. The first-order valence-electron chi connectivity index (χ1n) is 14.3. The van der Waals surface area contributed by atoms with E-state index in [1.165, 1.54) is 18.6 Å². The molecule has 0 atom stereocenters. The van der Waals surface area contributed by atoms with Gasteiger partial charge in [0.25, 0.3) is 5.91 Å². The highest BCUT2D eigenvalue weighted by Gasteiger charge is 2.31. The van der Waals surface area contributed by atoms with Gasteiger partial charge in [-0.25, -0.2) is 15.0 Å². The number of rotatable bonds is 10. The number of aromatic nitrogens is 4. The van der Waals surface area contributed by atoms with Crippen LogP contribution < -0.4 is 16.4 Å². The highest BCUT2D eigenvalue weighted by molar-refractivity contribution is 6.04. The van der Waals surface area contributed by atoms with Crippen LogP contribution in [0.4, 0.5) is 24.8 Å². The number of hydrogen-bond donors (Lipinski definition) is 3. The lowest BCUT2D eigenvalue weighted by molar-refractivity contribution is -0.137. The van der Waals surface area contributed by atoms with E-state index in [4.69, 9.17) is 10.5 Å². The lowest BCUT2D eigenvalue weighted by Crippen LogP contribution is -2.36. The van der Waals surface area contributed by atoms with Crippen LogP contribution in [0.1, 0.15) is 60.1 Å². The Labute approximate surface area is 251 Å². The number of carbonyl (C=O) groups excluding carboxylic acids is 2. The molecule has 4 N–H and O–H groups in total. The van der Waals surface area contributed by atoms with E-state index in [9.17, 15) is 22.8 Å². The number of ether oxygens (including phenoxy) is 1. The number of nitrogens with one attached hydrogen (secondary N) is 2. The standard InChI is InChI=1S/C31H32F3N7O3/c32-31(33,34)22-12-14-36-25(17-22)40-30(43)21-10-8-20(9-11-21)27-28-29(35)37-18-24(41(28)19-38-27)7-4-15-44-16-13-26(42)39-23-5-2-1-3-6-23/h4,7-12,14,17-19,23H,1-3,5-6,13,15-16H2,(H2,35,37)(H,39,42)(H,36,40,43)/b7-4+. The molecule has 4 aromatic rings. The number of carbonyl (C=O) groups is 2. The molecule has 1 saturated carbocycles. The molecule has 1 aliphatic rings. The van der Waals surface area contributed by atoms with Gasteiger partial charge in [-0.1, -0.05) is 37.5 Å². The molecule has 44 heavy (non-hydrogen) atoms. The van der Waals surface area contributed by atoms with Gasteiger partial charge in [0.15, 0.2) is 0 Å². The third kappa shape index (κ3) is 7.59. The molecule has 0 spiro atoms. The number of imidazole rings is 1. The van der Waals surface area contributed by atoms with Crippen molar-refractivity contribution in [3.8, 4) is 11.3 Å². The normalized spacial score (nSPS) is 14.2. The zero-order valence-electron chi connectivity index (χ0n) is 23.8. The van der Waals surface area contributed by atoms with Crippen molar-refractivity contribution in [1.29, 1.82) is 0 Å². The van der Waals surface area contributed by atoms with Gasteiger partial charge in [0.1, 0.15) is 23.5 Å². The van der Waals surface area contributed by atoms with Crippen molar-refractivity contribution in [3.63, 3.8) is 0 Å². The molecular formula is C31H32F3N7O3. The van der Waals surface area contributed by atoms with Crippen molar-refractivity contribution in [3.05, 3.63) is 78.0 Å². The monoisotopic (exact) mass is 607 g/mol. The number of pyridine rings is 1. The number of nitrogens with two attached hydrogens (primary N) is 1. The Morgan fingerprint density at radius 1 is 1.07 bits per heavy atom. The quantitative estimate of drug-likeness (QED) is 0.202. The van der Waals surface area contributed by atoms with Crippen LogP contribution in [0.25, 0.3) is 22.9 Å². The second-order valence-corrected chi connectivity index (χ2v) is 10.5. The first-order chi connectivity index (χ1) is 21.2. The van der Waals surface area contributed by atoms with Gasteiger partial charge >= 0.3 is 6.18 Å². The van der Waals surface area contributed by atoms with Crippen LogP contribution in [0.15, 0.2) is 61.2 Å². The third-order valence-corrected chi connectivity index (χ3v) is 7.32. The minimum atomic E-state index is -4.55. The number of halogens is 3. The van der Waals surface area contributed by atoms with E-state index in [1.54, 1.807) is 29.1 Å². The summed E-state index contributed by atoms with van der Waals surface area (Å²) in [7, 11) is 0. The van der Waals surface area contributed by atoms with Gasteiger partial charge in [-0.15, -0.1) is 0 Å². The van der Waals surface area contributed by atoms with Crippen molar-refractivity contribution in [2.45, 2.75) is 50.7 Å². The summed E-state index contributed by atoms with van der Waals surface area (Å²) in [6, 6.07) is 8.27. The number of alkyl halides is 3. The van der Waals surface area contributed by atoms with Crippen LogP contribution in [-0.2, 0) is 15.7 Å². The Morgan fingerprint density at radius 3 is 2.59 bits per heavy atom. The number of benzene rings is 1. The number of amides is 2. The molecule has 3 aromatic heterocycles. The molecule has 0 bridgehead atoms. The van der Waals surface area contributed by atoms with Crippen molar-refractivity contribution in [1.82, 2.24) is 24.7 Å². The molecule has 0 radical (unpaired) electrons. The summed E-state index contributed by atoms with van der Waals surface area (Å²) >= 11 is 0. The average Bonchev–Trinajstić information content (AvgIpc) is 3.47. The smallest absolute Gasteiger partial charge is 0.382 e. The zero-order chi connectivity index (χ0) is 31.1. The van der Waals surface area contributed by atoms with E-state index < -0.39 is 17.6 Å². The highest BCUT2D eigenvalue weighted by Crippen LogP contribution is 2.30. The van der Waals surface area contributed by atoms with Crippen molar-refractivity contribution < 1.29 is 27.5 Å². The van der Waals surface area contributed by atoms with E-state index in [0.717, 1.165) is 44.0 Å². The maximum Gasteiger partial charge on any atom is 0.416 e. The van der Waals surface area contributed by atoms with Crippen LogP contribution in [0, 0.1) is 0 Å². The van der Waals surface area contributed by atoms with Crippen LogP contribution in [0.3, 0.4) is 0 Å². The van der Waals surface area contributed by atoms with Crippen molar-refractivity contribution in [2.75, 3.05) is 24.3 Å². The number of anilines is 2. The molecule has 5 rings (SSSR count). The molecule has 0 aliphatic heterocycles. The van der Waals surface area contributed by atoms with Gasteiger partial charge in [-0.3, -0.25) is 14.0 Å². The predicted molar refractivity (Wildman–Crippen MR) is 160 cm³/mol. The van der Waals surface area contributed by atoms with Gasteiger partial charge in [-0.05, 0) is 43.2 Å². The van der Waals surface area contributed by atoms with Crippen LogP contribution in [0.5, 0.6) is 0 Å². The molecule has 230 valence electrons. The molecule has 2 amide bonds. The van der Waals surface area contributed by atoms with Gasteiger partial charge in [-0.2, -0.15) is 13.2 Å². The molecule has 0 unspecified atom stereocenters. The molecule has 1 aromatic carbocycles. The summed E-state index contributed by atoms with van der Waals surface area (Å²) in [5.41, 5.74) is 7.97. The zero-order valence-corrected chi connectivity index (χ0v) is 23.8. The lowest BCUT2D eigenvalue weighted by Gasteiger charge is -2.22. The van der Waals surface area contributed by atoms with E-state index in [1.807, 2.05) is 12.2 Å². The largest absolute Gasteiger partial charge is 0.416 e. The van der Waals surface area contributed by atoms with E-state index in [2.05, 4.69) is 25.6 Å². The summed E-state index contributed by atoms with van der Waals surface area (Å²) in [5, 5.41) is 5.47. The minimum absolute atomic E-state index is 0.0117. The topological polar surface area (TPSA) is 137 Å². The molecule has 1 fully saturated rings. The second kappa shape index (κ2) is 13.7. The number of hydrogen-bond acceptors (Lipinski definition) is 7. The van der Waals surface area contributed by atoms with E-state index >= 15 is 0 Å². The first-order valence-corrected chi connectivity index (χ1v) is 14.3. The summed E-state index contributed by atoms with van der Waals surface area (Å²) < 4.78 is 46.3. The average molecular weight is 608 g/mol. The molecule has 10 nitrogen and oxygen atoms in total. The highest BCUT2D eigenvalue weighted by atomic mass is 19.4. The fraction of sp³-hybridized carbons (Fsp3) is 0.323. The van der Waals surface area contributed by atoms with E-state index in [-0.39, 0.29) is 29.1 Å². The number of nitrogen functional groups attached to an aromatic ring is 1. The summed E-state index contributed by atoms with van der Waals surface area (Å²) in [6.07, 6.45) is 9.25. The Balaban J connectivity index is 1.19. The third-order valence-electron chi connectivity index (χ3n) is 7.32. The number of fused-ring (bicyclic) bond motifs is 1. The Morgan fingerprint density at radius 2 is 1.84 bits per heavy atom. The van der Waals surface area contributed by atoms with Crippen LogP contribution in [-0.4, -0.2) is 50.4 Å². The molecule has 13 heteroatoms. The van der Waals surface area contributed by atoms with Gasteiger partial charge in [0, 0.05) is 29.8 Å². The van der Waals surface area contributed by atoms with Crippen molar-refractivity contribution >= 4 is 35.0 Å². The minimum Gasteiger partial charge on any atom is -0.382 e. The lowest BCUT2D eigenvalue weighted by atomic mass is 9.95. The molecular weight excluding hydrogens is 575 g/mol. The summed E-state index contributed by atoms with van der Waals surface area (Å²) in [5.74, 6) is -0.553. The second-order valence-electron chi connectivity index (χ2n) is 10.5. The maximum absolute atomic E-state index is 13.0. The van der Waals surface area contributed by atoms with Crippen molar-refractivity contribution in [2.24, 2.45) is 0 Å². The SMILES string of the molecule is Nc1ncc(/C=C/COCCC(=O)NC2CCCCC2)n2cnc(-c3ccc(C(=O)Nc4cc(C(F)(F)F)ccn4)cc3)c12. The van der Waals surface area contributed by atoms with E-state index in [0.29, 0.717) is 42.1 Å². The van der Waals surface area contributed by atoms with Gasteiger partial charge < -0.3 is 21.1 Å². The fourth-order valence-corrected chi connectivity index (χ4v) is 5.06. The fourth-order valence-electron chi connectivity index (χ4n) is 5.06. The predicted octanol–water partition coefficient (Wildman–Crippen LogP) is 5.51. The summed E-state index contributed by atoms with van der Waals surface area (Å²) in [6.45, 7) is 0.627. The molecule has 0 saturated heterocycles.